The minimum atomic E-state index is -0.687. The Labute approximate surface area is 120 Å². The first-order valence-corrected chi connectivity index (χ1v) is 7.15. The summed E-state index contributed by atoms with van der Waals surface area (Å²) in [5.74, 6) is -1.23. The predicted octanol–water partition coefficient (Wildman–Crippen LogP) is 3.43. The van der Waals surface area contributed by atoms with Crippen molar-refractivity contribution in [1.82, 2.24) is 5.32 Å². The smallest absolute Gasteiger partial charge is 0.224 e. The Hall–Kier alpha value is -0.970. The van der Waals surface area contributed by atoms with Crippen LogP contribution in [0.2, 0.25) is 0 Å². The molecule has 1 aromatic rings. The number of rotatable bonds is 6. The third-order valence-electron chi connectivity index (χ3n) is 2.65. The van der Waals surface area contributed by atoms with Crippen molar-refractivity contribution in [3.63, 3.8) is 0 Å². The average molecular weight is 334 g/mol. The fraction of sp³-hybridized carbons (Fsp3) is 0.500. The molecule has 5 heteroatoms. The molecule has 106 valence electrons. The van der Waals surface area contributed by atoms with Crippen molar-refractivity contribution in [3.05, 3.63) is 35.4 Å². The molecule has 2 nitrogen and oxygen atoms in total. The Morgan fingerprint density at radius 3 is 2.42 bits per heavy atom. The molecule has 1 unspecified atom stereocenters. The van der Waals surface area contributed by atoms with Crippen molar-refractivity contribution in [2.45, 2.75) is 31.5 Å². The first-order valence-electron chi connectivity index (χ1n) is 6.23. The summed E-state index contributed by atoms with van der Waals surface area (Å²) in [6.45, 7) is 4.63. The number of halogens is 3. The molecule has 1 aromatic carbocycles. The number of benzene rings is 1. The van der Waals surface area contributed by atoms with Crippen molar-refractivity contribution in [2.24, 2.45) is 5.92 Å². The Morgan fingerprint density at radius 1 is 1.32 bits per heavy atom. The Kier molecular flexibility index (Phi) is 6.42. The van der Waals surface area contributed by atoms with Gasteiger partial charge in [0.15, 0.2) is 0 Å². The van der Waals surface area contributed by atoms with Gasteiger partial charge < -0.3 is 5.32 Å². The number of nitrogens with one attached hydrogen (secondary N) is 1. The monoisotopic (exact) mass is 333 g/mol. The third kappa shape index (κ3) is 5.68. The molecule has 0 saturated heterocycles. The van der Waals surface area contributed by atoms with Gasteiger partial charge in [0.1, 0.15) is 11.6 Å². The van der Waals surface area contributed by atoms with Crippen molar-refractivity contribution < 1.29 is 13.6 Å². The van der Waals surface area contributed by atoms with E-state index < -0.39 is 11.6 Å². The van der Waals surface area contributed by atoms with Gasteiger partial charge in [-0.1, -0.05) is 35.8 Å². The highest BCUT2D eigenvalue weighted by Crippen LogP contribution is 2.14. The lowest BCUT2D eigenvalue weighted by molar-refractivity contribution is -0.120. The van der Waals surface area contributed by atoms with Crippen LogP contribution in [-0.2, 0) is 11.2 Å². The van der Waals surface area contributed by atoms with Gasteiger partial charge in [0.2, 0.25) is 5.91 Å². The lowest BCUT2D eigenvalue weighted by atomic mass is 10.1. The van der Waals surface area contributed by atoms with Gasteiger partial charge in [-0.25, -0.2) is 8.78 Å². The molecule has 0 spiro atoms. The van der Waals surface area contributed by atoms with Crippen LogP contribution in [0.1, 0.15) is 25.8 Å². The molecule has 0 aliphatic rings. The van der Waals surface area contributed by atoms with Crippen molar-refractivity contribution in [1.29, 1.82) is 0 Å². The summed E-state index contributed by atoms with van der Waals surface area (Å²) in [6, 6.07) is 3.58. The summed E-state index contributed by atoms with van der Waals surface area (Å²) in [6.07, 6.45) is 0.647. The van der Waals surface area contributed by atoms with Gasteiger partial charge in [0, 0.05) is 16.9 Å². The van der Waals surface area contributed by atoms with Crippen LogP contribution in [0.25, 0.3) is 0 Å². The van der Waals surface area contributed by atoms with Crippen LogP contribution in [0.15, 0.2) is 18.2 Å². The van der Waals surface area contributed by atoms with E-state index >= 15 is 0 Å². The molecule has 1 amide bonds. The molecular formula is C14H18BrF2NO. The summed E-state index contributed by atoms with van der Waals surface area (Å²) in [5, 5.41) is 2.67. The largest absolute Gasteiger partial charge is 0.355 e. The second-order valence-electron chi connectivity index (χ2n) is 4.91. The predicted molar refractivity (Wildman–Crippen MR) is 75.2 cm³/mol. The lowest BCUT2D eigenvalue weighted by Gasteiger charge is -2.13. The SMILES string of the molecule is CC(C)CC(Br)CNC(=O)Cc1c(F)cccc1F. The topological polar surface area (TPSA) is 29.1 Å². The quantitative estimate of drug-likeness (QED) is 0.794. The van der Waals surface area contributed by atoms with E-state index in [1.165, 1.54) is 6.07 Å². The molecule has 1 N–H and O–H groups in total. The van der Waals surface area contributed by atoms with Gasteiger partial charge in [0.25, 0.3) is 0 Å². The van der Waals surface area contributed by atoms with E-state index in [1.807, 2.05) is 0 Å². The van der Waals surface area contributed by atoms with E-state index in [0.717, 1.165) is 18.6 Å². The Balaban J connectivity index is 2.48. The number of hydrogen-bond acceptors (Lipinski definition) is 1. The molecule has 0 aromatic heterocycles. The first-order chi connectivity index (χ1) is 8.90. The zero-order valence-corrected chi connectivity index (χ0v) is 12.6. The van der Waals surface area contributed by atoms with Gasteiger partial charge in [-0.05, 0) is 24.5 Å². The molecule has 1 atom stereocenters. The maximum absolute atomic E-state index is 13.4. The molecule has 0 fully saturated rings. The number of carbonyl (C=O) groups excluding carboxylic acids is 1. The molecule has 0 saturated carbocycles. The van der Waals surface area contributed by atoms with Crippen LogP contribution in [0.3, 0.4) is 0 Å². The van der Waals surface area contributed by atoms with E-state index in [4.69, 9.17) is 0 Å². The van der Waals surface area contributed by atoms with Crippen LogP contribution in [0, 0.1) is 17.6 Å². The van der Waals surface area contributed by atoms with Crippen LogP contribution >= 0.6 is 15.9 Å². The molecule has 1 rings (SSSR count). The Morgan fingerprint density at radius 2 is 1.89 bits per heavy atom. The van der Waals surface area contributed by atoms with Gasteiger partial charge in [-0.2, -0.15) is 0 Å². The number of amides is 1. The second-order valence-corrected chi connectivity index (χ2v) is 6.20. The molecule has 0 aliphatic carbocycles. The molecule has 0 radical (unpaired) electrons. The van der Waals surface area contributed by atoms with E-state index in [0.29, 0.717) is 12.5 Å². The number of hydrogen-bond donors (Lipinski definition) is 1. The fourth-order valence-electron chi connectivity index (χ4n) is 1.74. The highest BCUT2D eigenvalue weighted by atomic mass is 79.9. The minimum absolute atomic E-state index is 0.168. The lowest BCUT2D eigenvalue weighted by Crippen LogP contribution is -2.31. The summed E-state index contributed by atoms with van der Waals surface area (Å²) in [7, 11) is 0. The molecule has 0 aliphatic heterocycles. The summed E-state index contributed by atoms with van der Waals surface area (Å²) >= 11 is 3.46. The van der Waals surface area contributed by atoms with E-state index in [-0.39, 0.29) is 22.7 Å². The number of alkyl halides is 1. The van der Waals surface area contributed by atoms with Gasteiger partial charge in [-0.15, -0.1) is 0 Å². The molecule has 0 bridgehead atoms. The Bertz CT molecular complexity index is 417. The highest BCUT2D eigenvalue weighted by molar-refractivity contribution is 9.09. The first kappa shape index (κ1) is 16.1. The molecule has 0 heterocycles. The average Bonchev–Trinajstić information content (AvgIpc) is 2.30. The van der Waals surface area contributed by atoms with Gasteiger partial charge in [-0.3, -0.25) is 4.79 Å². The van der Waals surface area contributed by atoms with E-state index in [1.54, 1.807) is 0 Å². The van der Waals surface area contributed by atoms with E-state index in [2.05, 4.69) is 35.1 Å². The summed E-state index contributed by atoms with van der Waals surface area (Å²) in [4.78, 5) is 11.8. The van der Waals surface area contributed by atoms with E-state index in [9.17, 15) is 13.6 Å². The molecular weight excluding hydrogens is 316 g/mol. The maximum Gasteiger partial charge on any atom is 0.224 e. The van der Waals surface area contributed by atoms with Crippen LogP contribution < -0.4 is 5.32 Å². The highest BCUT2D eigenvalue weighted by Gasteiger charge is 2.14. The van der Waals surface area contributed by atoms with Crippen LogP contribution in [0.4, 0.5) is 8.78 Å². The zero-order valence-electron chi connectivity index (χ0n) is 11.1. The zero-order chi connectivity index (χ0) is 14.4. The van der Waals surface area contributed by atoms with Crippen molar-refractivity contribution >= 4 is 21.8 Å². The third-order valence-corrected chi connectivity index (χ3v) is 3.34. The molecule has 19 heavy (non-hydrogen) atoms. The van der Waals surface area contributed by atoms with Crippen molar-refractivity contribution in [2.75, 3.05) is 6.54 Å². The summed E-state index contributed by atoms with van der Waals surface area (Å²) < 4.78 is 26.7. The maximum atomic E-state index is 13.4. The van der Waals surface area contributed by atoms with Gasteiger partial charge >= 0.3 is 0 Å². The van der Waals surface area contributed by atoms with Crippen LogP contribution in [-0.4, -0.2) is 17.3 Å². The van der Waals surface area contributed by atoms with Gasteiger partial charge in [0.05, 0.1) is 6.42 Å². The fourth-order valence-corrected chi connectivity index (χ4v) is 2.65. The normalized spacial score (nSPS) is 12.5. The number of carbonyl (C=O) groups is 1. The van der Waals surface area contributed by atoms with Crippen LogP contribution in [0.5, 0.6) is 0 Å². The summed E-state index contributed by atoms with van der Waals surface area (Å²) in [5.41, 5.74) is -0.185. The standard InChI is InChI=1S/C14H18BrF2NO/c1-9(2)6-10(15)8-18-14(19)7-11-12(16)4-3-5-13(11)17/h3-5,9-10H,6-8H2,1-2H3,(H,18,19). The second kappa shape index (κ2) is 7.58. The van der Waals surface area contributed by atoms with Crippen molar-refractivity contribution in [3.8, 4) is 0 Å². The minimum Gasteiger partial charge on any atom is -0.355 e.